The van der Waals surface area contributed by atoms with Crippen molar-refractivity contribution in [3.63, 3.8) is 0 Å². The molecule has 0 aromatic heterocycles. The molecule has 1 rings (SSSR count). The molecule has 1 aliphatic heterocycles. The second-order valence-corrected chi connectivity index (χ2v) is 2.26. The standard InChI is InChI=1S/C8H12O/c1-3-5-6-8(4-2)7-9-8/h4-6H,2-3,7H2,1H3. The van der Waals surface area contributed by atoms with Gasteiger partial charge in [-0.3, -0.25) is 0 Å². The highest BCUT2D eigenvalue weighted by atomic mass is 16.6. The molecule has 0 aliphatic carbocycles. The van der Waals surface area contributed by atoms with Gasteiger partial charge in [-0.15, -0.1) is 0 Å². The Kier molecular flexibility index (Phi) is 1.72. The summed E-state index contributed by atoms with van der Waals surface area (Å²) in [5.74, 6) is 0. The van der Waals surface area contributed by atoms with Crippen LogP contribution in [0.4, 0.5) is 0 Å². The summed E-state index contributed by atoms with van der Waals surface area (Å²) in [5.41, 5.74) is -0.0734. The van der Waals surface area contributed by atoms with Gasteiger partial charge in [0.2, 0.25) is 0 Å². The molecule has 1 saturated heterocycles. The van der Waals surface area contributed by atoms with E-state index in [1.165, 1.54) is 0 Å². The van der Waals surface area contributed by atoms with Crippen molar-refractivity contribution in [2.24, 2.45) is 0 Å². The summed E-state index contributed by atoms with van der Waals surface area (Å²) in [7, 11) is 0. The molecule has 0 spiro atoms. The second-order valence-electron chi connectivity index (χ2n) is 2.26. The minimum absolute atomic E-state index is 0.0734. The molecule has 0 saturated carbocycles. The zero-order valence-corrected chi connectivity index (χ0v) is 5.76. The Labute approximate surface area is 56.0 Å². The van der Waals surface area contributed by atoms with Crippen LogP contribution in [0.3, 0.4) is 0 Å². The van der Waals surface area contributed by atoms with E-state index in [1.807, 2.05) is 6.08 Å². The van der Waals surface area contributed by atoms with Crippen LogP contribution in [0, 0.1) is 0 Å². The van der Waals surface area contributed by atoms with E-state index in [2.05, 4.69) is 25.7 Å². The van der Waals surface area contributed by atoms with Crippen molar-refractivity contribution in [3.8, 4) is 0 Å². The van der Waals surface area contributed by atoms with Gasteiger partial charge in [0, 0.05) is 0 Å². The maximum atomic E-state index is 5.14. The lowest BCUT2D eigenvalue weighted by Gasteiger charge is -1.93. The van der Waals surface area contributed by atoms with Gasteiger partial charge in [-0.2, -0.15) is 0 Å². The van der Waals surface area contributed by atoms with Gasteiger partial charge < -0.3 is 4.74 Å². The zero-order valence-electron chi connectivity index (χ0n) is 5.76. The van der Waals surface area contributed by atoms with E-state index in [4.69, 9.17) is 4.74 Å². The minimum atomic E-state index is -0.0734. The van der Waals surface area contributed by atoms with Gasteiger partial charge in [0.15, 0.2) is 0 Å². The highest BCUT2D eigenvalue weighted by molar-refractivity contribution is 5.19. The third-order valence-electron chi connectivity index (χ3n) is 1.46. The van der Waals surface area contributed by atoms with E-state index in [9.17, 15) is 0 Å². The van der Waals surface area contributed by atoms with E-state index in [1.54, 1.807) is 0 Å². The molecule has 0 aromatic carbocycles. The maximum absolute atomic E-state index is 5.14. The van der Waals surface area contributed by atoms with Crippen LogP contribution in [0.2, 0.25) is 0 Å². The number of hydrogen-bond donors (Lipinski definition) is 0. The molecule has 1 unspecified atom stereocenters. The third-order valence-corrected chi connectivity index (χ3v) is 1.46. The number of ether oxygens (including phenoxy) is 1. The van der Waals surface area contributed by atoms with Gasteiger partial charge in [0.05, 0.1) is 6.61 Å². The van der Waals surface area contributed by atoms with Crippen LogP contribution >= 0.6 is 0 Å². The summed E-state index contributed by atoms with van der Waals surface area (Å²) < 4.78 is 5.14. The van der Waals surface area contributed by atoms with Crippen molar-refractivity contribution in [3.05, 3.63) is 24.8 Å². The lowest BCUT2D eigenvalue weighted by Crippen LogP contribution is -1.98. The summed E-state index contributed by atoms with van der Waals surface area (Å²) in [6, 6.07) is 0. The molecule has 0 bridgehead atoms. The van der Waals surface area contributed by atoms with Crippen LogP contribution in [0.5, 0.6) is 0 Å². The van der Waals surface area contributed by atoms with E-state index >= 15 is 0 Å². The Morgan fingerprint density at radius 1 is 1.78 bits per heavy atom. The molecule has 50 valence electrons. The fraction of sp³-hybridized carbons (Fsp3) is 0.500. The molecule has 1 nitrogen and oxygen atoms in total. The Balaban J connectivity index is 2.41. The maximum Gasteiger partial charge on any atom is 0.128 e. The number of epoxide rings is 1. The van der Waals surface area contributed by atoms with Crippen LogP contribution < -0.4 is 0 Å². The fourth-order valence-corrected chi connectivity index (χ4v) is 0.683. The predicted molar refractivity (Wildman–Crippen MR) is 38.3 cm³/mol. The fourth-order valence-electron chi connectivity index (χ4n) is 0.683. The largest absolute Gasteiger partial charge is 0.361 e. The van der Waals surface area contributed by atoms with Crippen LogP contribution in [-0.2, 0) is 4.74 Å². The molecule has 1 aliphatic rings. The van der Waals surface area contributed by atoms with Crippen molar-refractivity contribution in [2.75, 3.05) is 6.61 Å². The van der Waals surface area contributed by atoms with Crippen molar-refractivity contribution in [1.82, 2.24) is 0 Å². The van der Waals surface area contributed by atoms with Gasteiger partial charge in [-0.05, 0) is 6.42 Å². The molecule has 0 radical (unpaired) electrons. The van der Waals surface area contributed by atoms with E-state index in [0.717, 1.165) is 13.0 Å². The summed E-state index contributed by atoms with van der Waals surface area (Å²) in [5, 5.41) is 0. The first kappa shape index (κ1) is 6.56. The second kappa shape index (κ2) is 2.36. The first-order valence-electron chi connectivity index (χ1n) is 3.28. The lowest BCUT2D eigenvalue weighted by molar-refractivity contribution is 0.393. The van der Waals surface area contributed by atoms with Gasteiger partial charge >= 0.3 is 0 Å². The molecule has 1 heterocycles. The van der Waals surface area contributed by atoms with E-state index < -0.39 is 0 Å². The molecule has 0 N–H and O–H groups in total. The van der Waals surface area contributed by atoms with E-state index in [-0.39, 0.29) is 5.60 Å². The quantitative estimate of drug-likeness (QED) is 0.413. The van der Waals surface area contributed by atoms with Crippen LogP contribution in [0.1, 0.15) is 13.3 Å². The summed E-state index contributed by atoms with van der Waals surface area (Å²) in [4.78, 5) is 0. The predicted octanol–water partition coefficient (Wildman–Crippen LogP) is 1.91. The summed E-state index contributed by atoms with van der Waals surface area (Å²) in [6.45, 7) is 6.59. The van der Waals surface area contributed by atoms with Gasteiger partial charge in [-0.25, -0.2) is 0 Å². The SMILES string of the molecule is C=CC1(C=CCC)CO1. The monoisotopic (exact) mass is 124 g/mol. The van der Waals surface area contributed by atoms with Gasteiger partial charge in [0.1, 0.15) is 5.60 Å². The number of allylic oxidation sites excluding steroid dienone is 1. The molecule has 1 fully saturated rings. The minimum Gasteiger partial charge on any atom is -0.361 e. The number of rotatable bonds is 3. The molecule has 9 heavy (non-hydrogen) atoms. The number of hydrogen-bond acceptors (Lipinski definition) is 1. The van der Waals surface area contributed by atoms with Crippen molar-refractivity contribution in [1.29, 1.82) is 0 Å². The third kappa shape index (κ3) is 1.42. The average Bonchev–Trinajstić information content (AvgIpc) is 2.65. The van der Waals surface area contributed by atoms with Gasteiger partial charge in [-0.1, -0.05) is 31.7 Å². The summed E-state index contributed by atoms with van der Waals surface area (Å²) >= 11 is 0. The normalized spacial score (nSPS) is 33.0. The molecule has 1 heteroatoms. The Morgan fingerprint density at radius 2 is 2.44 bits per heavy atom. The van der Waals surface area contributed by atoms with Crippen LogP contribution in [-0.4, -0.2) is 12.2 Å². The first-order chi connectivity index (χ1) is 4.33. The Hall–Kier alpha value is -0.560. The lowest BCUT2D eigenvalue weighted by atomic mass is 10.1. The van der Waals surface area contributed by atoms with Crippen LogP contribution in [0.25, 0.3) is 0 Å². The van der Waals surface area contributed by atoms with Crippen molar-refractivity contribution < 1.29 is 4.74 Å². The highest BCUT2D eigenvalue weighted by Gasteiger charge is 2.38. The van der Waals surface area contributed by atoms with Crippen LogP contribution in [0.15, 0.2) is 24.8 Å². The smallest absolute Gasteiger partial charge is 0.128 e. The topological polar surface area (TPSA) is 12.5 Å². The molecule has 0 aromatic rings. The Morgan fingerprint density at radius 3 is 2.78 bits per heavy atom. The Bertz CT molecular complexity index is 132. The molecular weight excluding hydrogens is 112 g/mol. The highest BCUT2D eigenvalue weighted by Crippen LogP contribution is 2.29. The van der Waals surface area contributed by atoms with Crippen molar-refractivity contribution >= 4 is 0 Å². The van der Waals surface area contributed by atoms with Gasteiger partial charge in [0.25, 0.3) is 0 Å². The van der Waals surface area contributed by atoms with E-state index in [0.29, 0.717) is 0 Å². The first-order valence-corrected chi connectivity index (χ1v) is 3.28. The zero-order chi connectivity index (χ0) is 6.74. The van der Waals surface area contributed by atoms with Crippen molar-refractivity contribution in [2.45, 2.75) is 18.9 Å². The molecular formula is C8H12O. The molecule has 0 amide bonds. The average molecular weight is 124 g/mol. The summed E-state index contributed by atoms with van der Waals surface area (Å²) in [6.07, 6.45) is 7.09. The molecule has 1 atom stereocenters.